The Bertz CT molecular complexity index is 376. The molecule has 0 aromatic heterocycles. The molecule has 1 fully saturated rings. The molecular formula is C13H16O2. The molecule has 15 heavy (non-hydrogen) atoms. The molecule has 2 heteroatoms. The third-order valence-electron chi connectivity index (χ3n) is 2.95. The number of ether oxygens (including phenoxy) is 1. The van der Waals surface area contributed by atoms with E-state index in [1.165, 1.54) is 5.56 Å². The molecule has 0 N–H and O–H groups in total. The van der Waals surface area contributed by atoms with Crippen LogP contribution < -0.4 is 0 Å². The average molecular weight is 204 g/mol. The summed E-state index contributed by atoms with van der Waals surface area (Å²) in [6.45, 7) is 5.92. The number of cyclic esters (lactones) is 1. The highest BCUT2D eigenvalue weighted by Crippen LogP contribution is 2.41. The summed E-state index contributed by atoms with van der Waals surface area (Å²) in [4.78, 5) is 11.5. The molecule has 1 aliphatic rings. The largest absolute Gasteiger partial charge is 0.457 e. The minimum atomic E-state index is -0.338. The lowest BCUT2D eigenvalue weighted by molar-refractivity contribution is -0.147. The van der Waals surface area contributed by atoms with Crippen LogP contribution in [-0.2, 0) is 9.53 Å². The third-order valence-corrected chi connectivity index (χ3v) is 2.95. The van der Waals surface area contributed by atoms with E-state index in [0.717, 1.165) is 12.0 Å². The number of hydrogen-bond acceptors (Lipinski definition) is 2. The first-order valence-corrected chi connectivity index (χ1v) is 5.27. The van der Waals surface area contributed by atoms with Crippen molar-refractivity contribution in [1.29, 1.82) is 0 Å². The molecule has 1 heterocycles. The van der Waals surface area contributed by atoms with Crippen molar-refractivity contribution in [3.8, 4) is 0 Å². The Labute approximate surface area is 90.3 Å². The number of hydrogen-bond donors (Lipinski definition) is 0. The number of carbonyl (C=O) groups excluding carboxylic acids is 1. The van der Waals surface area contributed by atoms with Crippen molar-refractivity contribution in [3.63, 3.8) is 0 Å². The smallest absolute Gasteiger partial charge is 0.312 e. The van der Waals surface area contributed by atoms with Crippen LogP contribution in [0.3, 0.4) is 0 Å². The number of esters is 1. The first-order valence-electron chi connectivity index (χ1n) is 5.27. The zero-order chi connectivity index (χ0) is 11.1. The predicted molar refractivity (Wildman–Crippen MR) is 58.4 cm³/mol. The van der Waals surface area contributed by atoms with Crippen molar-refractivity contribution in [2.45, 2.75) is 33.3 Å². The Morgan fingerprint density at radius 3 is 2.33 bits per heavy atom. The van der Waals surface area contributed by atoms with Gasteiger partial charge in [0, 0.05) is 6.42 Å². The first-order chi connectivity index (χ1) is 6.99. The summed E-state index contributed by atoms with van der Waals surface area (Å²) in [6, 6.07) is 8.17. The summed E-state index contributed by atoms with van der Waals surface area (Å²) < 4.78 is 5.36. The molecule has 2 nitrogen and oxygen atoms in total. The van der Waals surface area contributed by atoms with E-state index in [1.807, 2.05) is 32.9 Å². The number of carbonyl (C=O) groups is 1. The van der Waals surface area contributed by atoms with Gasteiger partial charge in [-0.15, -0.1) is 0 Å². The summed E-state index contributed by atoms with van der Waals surface area (Å²) >= 11 is 0. The van der Waals surface area contributed by atoms with Crippen molar-refractivity contribution in [3.05, 3.63) is 35.4 Å². The predicted octanol–water partition coefficient (Wildman–Crippen LogP) is 3.01. The topological polar surface area (TPSA) is 26.3 Å². The number of aryl methyl sites for hydroxylation is 1. The average Bonchev–Trinajstić information content (AvgIpc) is 2.42. The molecule has 0 saturated carbocycles. The molecule has 0 bridgehead atoms. The molecular weight excluding hydrogens is 188 g/mol. The Morgan fingerprint density at radius 2 is 1.87 bits per heavy atom. The van der Waals surface area contributed by atoms with Crippen molar-refractivity contribution < 1.29 is 9.53 Å². The molecule has 1 aromatic rings. The van der Waals surface area contributed by atoms with E-state index in [9.17, 15) is 4.79 Å². The fourth-order valence-electron chi connectivity index (χ4n) is 1.84. The first kappa shape index (κ1) is 10.2. The van der Waals surface area contributed by atoms with Gasteiger partial charge in [0.25, 0.3) is 0 Å². The Kier molecular flexibility index (Phi) is 2.29. The van der Waals surface area contributed by atoms with Gasteiger partial charge in [0.1, 0.15) is 6.10 Å². The van der Waals surface area contributed by atoms with Gasteiger partial charge in [-0.25, -0.2) is 0 Å². The Balaban J connectivity index is 2.21. The molecule has 1 atom stereocenters. The van der Waals surface area contributed by atoms with Crippen molar-refractivity contribution in [1.82, 2.24) is 0 Å². The maximum absolute atomic E-state index is 11.5. The van der Waals surface area contributed by atoms with E-state index in [1.54, 1.807) is 0 Å². The van der Waals surface area contributed by atoms with Gasteiger partial charge in [0.15, 0.2) is 0 Å². The molecule has 0 aliphatic carbocycles. The van der Waals surface area contributed by atoms with Crippen molar-refractivity contribution in [2.75, 3.05) is 0 Å². The van der Waals surface area contributed by atoms with Gasteiger partial charge < -0.3 is 4.74 Å². The van der Waals surface area contributed by atoms with Gasteiger partial charge in [0.2, 0.25) is 0 Å². The van der Waals surface area contributed by atoms with E-state index in [4.69, 9.17) is 4.74 Å². The molecule has 80 valence electrons. The highest BCUT2D eigenvalue weighted by molar-refractivity contribution is 5.78. The molecule has 0 amide bonds. The SMILES string of the molecule is Cc1ccc(C2CC(C)(C)C(=O)O2)cc1. The van der Waals surface area contributed by atoms with Gasteiger partial charge in [-0.2, -0.15) is 0 Å². The van der Waals surface area contributed by atoms with E-state index >= 15 is 0 Å². The summed E-state index contributed by atoms with van der Waals surface area (Å²) in [6.07, 6.45) is 0.711. The minimum Gasteiger partial charge on any atom is -0.457 e. The lowest BCUT2D eigenvalue weighted by Gasteiger charge is -2.10. The zero-order valence-corrected chi connectivity index (χ0v) is 9.41. The molecule has 1 unspecified atom stereocenters. The van der Waals surface area contributed by atoms with Gasteiger partial charge in [-0.3, -0.25) is 4.79 Å². The fraction of sp³-hybridized carbons (Fsp3) is 0.462. The summed E-state index contributed by atoms with van der Waals surface area (Å²) in [7, 11) is 0. The second-order valence-corrected chi connectivity index (χ2v) is 4.89. The maximum atomic E-state index is 11.5. The highest BCUT2D eigenvalue weighted by Gasteiger charge is 2.41. The van der Waals surface area contributed by atoms with Crippen LogP contribution in [0.25, 0.3) is 0 Å². The standard InChI is InChI=1S/C13H16O2/c1-9-4-6-10(7-5-9)11-8-13(2,3)12(14)15-11/h4-7,11H,8H2,1-3H3. The molecule has 1 aromatic carbocycles. The molecule has 1 aliphatic heterocycles. The summed E-state index contributed by atoms with van der Waals surface area (Å²) in [5, 5.41) is 0. The Hall–Kier alpha value is -1.31. The molecule has 0 spiro atoms. The van der Waals surface area contributed by atoms with Crippen LogP contribution >= 0.6 is 0 Å². The summed E-state index contributed by atoms with van der Waals surface area (Å²) in [5.74, 6) is -0.0897. The molecule has 1 saturated heterocycles. The third kappa shape index (κ3) is 1.89. The van der Waals surface area contributed by atoms with Crippen LogP contribution in [0, 0.1) is 12.3 Å². The second kappa shape index (κ2) is 3.37. The normalized spacial score (nSPS) is 23.9. The van der Waals surface area contributed by atoms with Crippen molar-refractivity contribution >= 4 is 5.97 Å². The van der Waals surface area contributed by atoms with Gasteiger partial charge in [-0.05, 0) is 26.3 Å². The number of rotatable bonds is 1. The van der Waals surface area contributed by atoms with Crippen LogP contribution in [0.15, 0.2) is 24.3 Å². The lowest BCUT2D eigenvalue weighted by Crippen LogP contribution is -2.16. The molecule has 2 rings (SSSR count). The van der Waals surface area contributed by atoms with Crippen LogP contribution in [0.1, 0.15) is 37.5 Å². The van der Waals surface area contributed by atoms with Crippen LogP contribution in [0.5, 0.6) is 0 Å². The van der Waals surface area contributed by atoms with E-state index in [2.05, 4.69) is 12.1 Å². The maximum Gasteiger partial charge on any atom is 0.312 e. The van der Waals surface area contributed by atoms with E-state index < -0.39 is 0 Å². The fourth-order valence-corrected chi connectivity index (χ4v) is 1.84. The van der Waals surface area contributed by atoms with Crippen LogP contribution in [0.4, 0.5) is 0 Å². The van der Waals surface area contributed by atoms with Gasteiger partial charge >= 0.3 is 5.97 Å². The van der Waals surface area contributed by atoms with Crippen LogP contribution in [0.2, 0.25) is 0 Å². The highest BCUT2D eigenvalue weighted by atomic mass is 16.6. The van der Waals surface area contributed by atoms with E-state index in [0.29, 0.717) is 0 Å². The van der Waals surface area contributed by atoms with Gasteiger partial charge in [0.05, 0.1) is 5.41 Å². The lowest BCUT2D eigenvalue weighted by atomic mass is 9.88. The van der Waals surface area contributed by atoms with Gasteiger partial charge in [-0.1, -0.05) is 29.8 Å². The monoisotopic (exact) mass is 204 g/mol. The van der Waals surface area contributed by atoms with E-state index in [-0.39, 0.29) is 17.5 Å². The quantitative estimate of drug-likeness (QED) is 0.657. The van der Waals surface area contributed by atoms with Crippen LogP contribution in [-0.4, -0.2) is 5.97 Å². The summed E-state index contributed by atoms with van der Waals surface area (Å²) in [5.41, 5.74) is 1.98. The van der Waals surface area contributed by atoms with Crippen molar-refractivity contribution in [2.24, 2.45) is 5.41 Å². The Morgan fingerprint density at radius 1 is 1.27 bits per heavy atom. The zero-order valence-electron chi connectivity index (χ0n) is 9.41. The number of benzene rings is 1. The minimum absolute atomic E-state index is 0.0619. The second-order valence-electron chi connectivity index (χ2n) is 4.89. The molecule has 0 radical (unpaired) electrons.